The van der Waals surface area contributed by atoms with Crippen LogP contribution in [0.5, 0.6) is 0 Å². The SMILES string of the molecule is COC(=O)[C@H]1Cc2ccccc2CN1C(=O)COC(=O)c1ccccc1[S@](C)=O. The Balaban J connectivity index is 1.74. The van der Waals surface area contributed by atoms with E-state index in [4.69, 9.17) is 9.47 Å². The molecular weight excluding hydrogens is 394 g/mol. The Hall–Kier alpha value is -3.00. The summed E-state index contributed by atoms with van der Waals surface area (Å²) in [4.78, 5) is 39.1. The van der Waals surface area contributed by atoms with Crippen molar-refractivity contribution < 1.29 is 28.1 Å². The van der Waals surface area contributed by atoms with Crippen LogP contribution in [0.4, 0.5) is 0 Å². The van der Waals surface area contributed by atoms with Crippen LogP contribution in [0.25, 0.3) is 0 Å². The van der Waals surface area contributed by atoms with E-state index in [1.807, 2.05) is 24.3 Å². The molecule has 0 fully saturated rings. The molecule has 0 radical (unpaired) electrons. The summed E-state index contributed by atoms with van der Waals surface area (Å²) in [6.07, 6.45) is 1.80. The number of methoxy groups -OCH3 is 1. The molecule has 3 rings (SSSR count). The number of carbonyl (C=O) groups is 3. The van der Waals surface area contributed by atoms with E-state index in [-0.39, 0.29) is 12.1 Å². The first kappa shape index (κ1) is 20.7. The first-order valence-corrected chi connectivity index (χ1v) is 10.5. The van der Waals surface area contributed by atoms with Crippen molar-refractivity contribution >= 4 is 28.6 Å². The van der Waals surface area contributed by atoms with Crippen LogP contribution in [0.2, 0.25) is 0 Å². The Labute approximate surface area is 171 Å². The smallest absolute Gasteiger partial charge is 0.339 e. The molecule has 1 aliphatic rings. The van der Waals surface area contributed by atoms with Gasteiger partial charge in [0.2, 0.25) is 0 Å². The van der Waals surface area contributed by atoms with Crippen molar-refractivity contribution in [2.45, 2.75) is 23.9 Å². The fourth-order valence-electron chi connectivity index (χ4n) is 3.31. The molecule has 2 atom stereocenters. The number of nitrogens with zero attached hydrogens (tertiary/aromatic N) is 1. The summed E-state index contributed by atoms with van der Waals surface area (Å²) in [5.41, 5.74) is 2.05. The first-order chi connectivity index (χ1) is 13.9. The van der Waals surface area contributed by atoms with Crippen molar-refractivity contribution in [1.29, 1.82) is 0 Å². The van der Waals surface area contributed by atoms with Crippen molar-refractivity contribution in [1.82, 2.24) is 4.90 Å². The van der Waals surface area contributed by atoms with E-state index < -0.39 is 41.3 Å². The van der Waals surface area contributed by atoms with Crippen molar-refractivity contribution in [2.75, 3.05) is 20.0 Å². The lowest BCUT2D eigenvalue weighted by atomic mass is 9.94. The molecule has 0 aromatic heterocycles. The predicted octanol–water partition coefficient (Wildman–Crippen LogP) is 1.71. The Kier molecular flexibility index (Phi) is 6.43. The van der Waals surface area contributed by atoms with E-state index in [1.54, 1.807) is 18.2 Å². The molecule has 8 heteroatoms. The van der Waals surface area contributed by atoms with E-state index >= 15 is 0 Å². The van der Waals surface area contributed by atoms with Gasteiger partial charge in [0.15, 0.2) is 6.61 Å². The van der Waals surface area contributed by atoms with Crippen LogP contribution >= 0.6 is 0 Å². The van der Waals surface area contributed by atoms with Gasteiger partial charge in [-0.05, 0) is 23.3 Å². The second-order valence-corrected chi connectivity index (χ2v) is 7.91. The van der Waals surface area contributed by atoms with E-state index in [0.29, 0.717) is 11.3 Å². The lowest BCUT2D eigenvalue weighted by Gasteiger charge is -2.35. The van der Waals surface area contributed by atoms with E-state index in [2.05, 4.69) is 0 Å². The second-order valence-electron chi connectivity index (χ2n) is 6.56. The van der Waals surface area contributed by atoms with E-state index in [1.165, 1.54) is 24.3 Å². The summed E-state index contributed by atoms with van der Waals surface area (Å²) in [5, 5.41) is 0. The summed E-state index contributed by atoms with van der Waals surface area (Å²) in [6.45, 7) is -0.304. The Morgan fingerprint density at radius 2 is 1.72 bits per heavy atom. The molecule has 1 amide bonds. The van der Waals surface area contributed by atoms with Gasteiger partial charge in [-0.15, -0.1) is 0 Å². The molecule has 29 heavy (non-hydrogen) atoms. The van der Waals surface area contributed by atoms with Gasteiger partial charge in [0, 0.05) is 19.2 Å². The fourth-order valence-corrected chi connectivity index (χ4v) is 4.04. The number of esters is 2. The van der Waals surface area contributed by atoms with Gasteiger partial charge >= 0.3 is 11.9 Å². The molecule has 7 nitrogen and oxygen atoms in total. The molecule has 0 aliphatic carbocycles. The molecular formula is C21H21NO6S. The van der Waals surface area contributed by atoms with Gasteiger partial charge in [-0.25, -0.2) is 9.59 Å². The van der Waals surface area contributed by atoms with E-state index in [0.717, 1.165) is 11.1 Å². The zero-order valence-corrected chi connectivity index (χ0v) is 16.9. The molecule has 0 saturated heterocycles. The second kappa shape index (κ2) is 9.00. The number of carbonyl (C=O) groups excluding carboxylic acids is 3. The molecule has 2 aromatic rings. The van der Waals surface area contributed by atoms with Crippen LogP contribution < -0.4 is 0 Å². The summed E-state index contributed by atoms with van der Waals surface area (Å²) < 4.78 is 21.8. The van der Waals surface area contributed by atoms with Crippen LogP contribution in [0.15, 0.2) is 53.4 Å². The standard InChI is InChI=1S/C21H21NO6S/c1-27-21(25)17-11-14-7-3-4-8-15(14)12-22(17)19(23)13-28-20(24)16-9-5-6-10-18(16)29(2)26/h3-10,17H,11-13H2,1-2H3/t17-,29+/m1/s1. The Morgan fingerprint density at radius 1 is 1.07 bits per heavy atom. The van der Waals surface area contributed by atoms with Gasteiger partial charge in [0.25, 0.3) is 5.91 Å². The number of hydrogen-bond acceptors (Lipinski definition) is 6. The lowest BCUT2D eigenvalue weighted by molar-refractivity contribution is -0.155. The van der Waals surface area contributed by atoms with Gasteiger partial charge < -0.3 is 14.4 Å². The highest BCUT2D eigenvalue weighted by Crippen LogP contribution is 2.24. The van der Waals surface area contributed by atoms with Gasteiger partial charge in [-0.3, -0.25) is 9.00 Å². The maximum absolute atomic E-state index is 12.8. The zero-order chi connectivity index (χ0) is 21.0. The Bertz CT molecular complexity index is 973. The summed E-state index contributed by atoms with van der Waals surface area (Å²) >= 11 is 0. The quantitative estimate of drug-likeness (QED) is 0.691. The average molecular weight is 415 g/mol. The van der Waals surface area contributed by atoms with Crippen LogP contribution in [0.1, 0.15) is 21.5 Å². The largest absolute Gasteiger partial charge is 0.467 e. The normalized spacial score (nSPS) is 16.5. The van der Waals surface area contributed by atoms with Gasteiger partial charge in [-0.2, -0.15) is 0 Å². The highest BCUT2D eigenvalue weighted by atomic mass is 32.2. The highest BCUT2D eigenvalue weighted by Gasteiger charge is 2.35. The van der Waals surface area contributed by atoms with Crippen molar-refractivity contribution in [3.63, 3.8) is 0 Å². The number of hydrogen-bond donors (Lipinski definition) is 0. The molecule has 0 bridgehead atoms. The molecule has 1 aliphatic heterocycles. The fraction of sp³-hybridized carbons (Fsp3) is 0.286. The van der Waals surface area contributed by atoms with Crippen LogP contribution in [-0.4, -0.2) is 53.0 Å². The zero-order valence-electron chi connectivity index (χ0n) is 16.1. The predicted molar refractivity (Wildman–Crippen MR) is 106 cm³/mol. The minimum atomic E-state index is -1.38. The van der Waals surface area contributed by atoms with Crippen LogP contribution in [0, 0.1) is 0 Å². The molecule has 0 unspecified atom stereocenters. The minimum Gasteiger partial charge on any atom is -0.467 e. The van der Waals surface area contributed by atoms with Crippen molar-refractivity contribution in [3.8, 4) is 0 Å². The van der Waals surface area contributed by atoms with Crippen molar-refractivity contribution in [2.24, 2.45) is 0 Å². The maximum Gasteiger partial charge on any atom is 0.339 e. The summed E-state index contributed by atoms with van der Waals surface area (Å²) in [5.74, 6) is -1.76. The van der Waals surface area contributed by atoms with Crippen LogP contribution in [-0.2, 0) is 42.8 Å². The van der Waals surface area contributed by atoms with E-state index in [9.17, 15) is 18.6 Å². The van der Waals surface area contributed by atoms with Gasteiger partial charge in [-0.1, -0.05) is 36.4 Å². The summed E-state index contributed by atoms with van der Waals surface area (Å²) in [6, 6.07) is 13.1. The van der Waals surface area contributed by atoms with Gasteiger partial charge in [0.1, 0.15) is 6.04 Å². The van der Waals surface area contributed by atoms with Gasteiger partial charge in [0.05, 0.1) is 28.4 Å². The van der Waals surface area contributed by atoms with Crippen molar-refractivity contribution in [3.05, 3.63) is 65.2 Å². The molecule has 0 saturated carbocycles. The topological polar surface area (TPSA) is 90.0 Å². The highest BCUT2D eigenvalue weighted by molar-refractivity contribution is 7.84. The molecule has 152 valence electrons. The third-order valence-corrected chi connectivity index (χ3v) is 5.76. The maximum atomic E-state index is 12.8. The number of fused-ring (bicyclic) bond motifs is 1. The third-order valence-electron chi connectivity index (χ3n) is 4.79. The monoisotopic (exact) mass is 415 g/mol. The minimum absolute atomic E-state index is 0.148. The average Bonchev–Trinajstić information content (AvgIpc) is 2.75. The number of rotatable bonds is 5. The Morgan fingerprint density at radius 3 is 2.41 bits per heavy atom. The lowest BCUT2D eigenvalue weighted by Crippen LogP contribution is -2.50. The first-order valence-electron chi connectivity index (χ1n) is 8.96. The number of ether oxygens (including phenoxy) is 2. The number of amides is 1. The molecule has 0 N–H and O–H groups in total. The van der Waals surface area contributed by atoms with Crippen LogP contribution in [0.3, 0.4) is 0 Å². The molecule has 0 spiro atoms. The third kappa shape index (κ3) is 4.54. The number of benzene rings is 2. The molecule has 1 heterocycles. The molecule has 2 aromatic carbocycles. The summed E-state index contributed by atoms with van der Waals surface area (Å²) in [7, 11) is -0.104.